The molecular formula is H3KO4PTi. The number of hydrogen-bond acceptors (Lipinski definition) is 1. The Morgan fingerprint density at radius 3 is 1.14 bits per heavy atom. The van der Waals surface area contributed by atoms with Gasteiger partial charge < -0.3 is 14.7 Å². The predicted molar refractivity (Wildman–Crippen MR) is 20.0 cm³/mol. The van der Waals surface area contributed by atoms with Crippen LogP contribution in [0.1, 0.15) is 0 Å². The molecule has 0 rings (SSSR count). The van der Waals surface area contributed by atoms with Crippen LogP contribution in [0.15, 0.2) is 0 Å². The third kappa shape index (κ3) is 58.3. The van der Waals surface area contributed by atoms with Crippen molar-refractivity contribution in [2.45, 2.75) is 0 Å². The van der Waals surface area contributed by atoms with E-state index in [1.165, 1.54) is 0 Å². The van der Waals surface area contributed by atoms with E-state index >= 15 is 0 Å². The van der Waals surface area contributed by atoms with Crippen LogP contribution in [0.5, 0.6) is 0 Å². The Labute approximate surface area is 98.2 Å². The fourth-order valence-corrected chi connectivity index (χ4v) is 0. The number of rotatable bonds is 0. The van der Waals surface area contributed by atoms with Crippen molar-refractivity contribution < 1.29 is 41.0 Å². The first-order valence-corrected chi connectivity index (χ1v) is 2.35. The summed E-state index contributed by atoms with van der Waals surface area (Å²) in [6.07, 6.45) is 0. The quantitative estimate of drug-likeness (QED) is 0.323. The molecule has 0 aliphatic rings. The van der Waals surface area contributed by atoms with Gasteiger partial charge in [-0.05, 0) is 0 Å². The molecule has 0 unspecified atom stereocenters. The summed E-state index contributed by atoms with van der Waals surface area (Å²) in [6.45, 7) is 0. The minimum atomic E-state index is -4.64. The second-order valence-corrected chi connectivity index (χ2v) is 1.54. The summed E-state index contributed by atoms with van der Waals surface area (Å²) in [7, 11) is -4.64. The zero-order valence-electron chi connectivity index (χ0n) is 3.70. The van der Waals surface area contributed by atoms with Crippen molar-refractivity contribution in [1.82, 2.24) is 0 Å². The van der Waals surface area contributed by atoms with Crippen LogP contribution in [0.25, 0.3) is 0 Å². The number of phosphoric acid groups is 1. The monoisotopic (exact) mass is 185 g/mol. The Morgan fingerprint density at radius 2 is 1.14 bits per heavy atom. The van der Waals surface area contributed by atoms with Crippen molar-refractivity contribution in [3.63, 3.8) is 0 Å². The molecular weight excluding hydrogens is 182 g/mol. The largest absolute Gasteiger partial charge is 0.466 e. The minimum absolute atomic E-state index is 0. The Balaban J connectivity index is -0.0000000800. The average Bonchev–Trinajstić information content (AvgIpc) is 0.722. The second kappa shape index (κ2) is 6.58. The van der Waals surface area contributed by atoms with Gasteiger partial charge in [0.25, 0.3) is 0 Å². The summed E-state index contributed by atoms with van der Waals surface area (Å²) < 4.78 is 8.88. The van der Waals surface area contributed by atoms with Crippen LogP contribution in [0.2, 0.25) is 0 Å². The summed E-state index contributed by atoms with van der Waals surface area (Å²) in [5.41, 5.74) is 0. The van der Waals surface area contributed by atoms with Gasteiger partial charge in [0, 0.05) is 73.1 Å². The van der Waals surface area contributed by atoms with Crippen molar-refractivity contribution in [2.75, 3.05) is 0 Å². The van der Waals surface area contributed by atoms with Gasteiger partial charge in [0.1, 0.15) is 0 Å². The standard InChI is InChI=1S/K.H3O4P.Ti/c;1-5(2,3)4;/h;(H3,1,2,3,4);. The van der Waals surface area contributed by atoms with Crippen LogP contribution in [0, 0.1) is 0 Å². The molecule has 0 bridgehead atoms. The van der Waals surface area contributed by atoms with Crippen LogP contribution in [-0.2, 0) is 26.3 Å². The maximum Gasteiger partial charge on any atom is 0.466 e. The summed E-state index contributed by atoms with van der Waals surface area (Å²) in [5, 5.41) is 0. The molecule has 0 aromatic carbocycles. The smallest absolute Gasteiger partial charge is 0.303 e. The van der Waals surface area contributed by atoms with E-state index in [1.807, 2.05) is 0 Å². The molecule has 0 aliphatic carbocycles. The van der Waals surface area contributed by atoms with E-state index < -0.39 is 7.82 Å². The normalized spacial score (nSPS) is 8.43. The fraction of sp³-hybridized carbons (Fsp3) is 0. The zero-order valence-corrected chi connectivity index (χ0v) is 9.28. The van der Waals surface area contributed by atoms with Crippen LogP contribution < -0.4 is 0 Å². The predicted octanol–water partition coefficient (Wildman–Crippen LogP) is -1.31. The maximum atomic E-state index is 8.88. The van der Waals surface area contributed by atoms with Gasteiger partial charge >= 0.3 is 7.82 Å². The molecule has 0 aliphatic heterocycles. The van der Waals surface area contributed by atoms with Gasteiger partial charge in [-0.3, -0.25) is 0 Å². The third-order valence-corrected chi connectivity index (χ3v) is 0. The van der Waals surface area contributed by atoms with Gasteiger partial charge in [-0.15, -0.1) is 0 Å². The van der Waals surface area contributed by atoms with Crippen molar-refractivity contribution in [2.24, 2.45) is 0 Å². The van der Waals surface area contributed by atoms with E-state index in [1.54, 1.807) is 0 Å². The molecule has 0 amide bonds. The van der Waals surface area contributed by atoms with Gasteiger partial charge in [-0.25, -0.2) is 4.57 Å². The van der Waals surface area contributed by atoms with Gasteiger partial charge in [0.15, 0.2) is 0 Å². The van der Waals surface area contributed by atoms with Gasteiger partial charge in [0.05, 0.1) is 0 Å². The molecule has 0 aromatic heterocycles. The molecule has 0 heterocycles. The second-order valence-electron chi connectivity index (χ2n) is 0.513. The van der Waals surface area contributed by atoms with Crippen LogP contribution in [0.4, 0.5) is 0 Å². The van der Waals surface area contributed by atoms with Gasteiger partial charge in [0.2, 0.25) is 0 Å². The molecule has 0 saturated carbocycles. The van der Waals surface area contributed by atoms with E-state index in [2.05, 4.69) is 0 Å². The van der Waals surface area contributed by atoms with Crippen molar-refractivity contribution >= 4 is 59.2 Å². The van der Waals surface area contributed by atoms with Gasteiger partial charge in [-0.1, -0.05) is 0 Å². The van der Waals surface area contributed by atoms with E-state index in [4.69, 9.17) is 19.2 Å². The molecule has 37 valence electrons. The fourth-order valence-electron chi connectivity index (χ4n) is 0. The topological polar surface area (TPSA) is 77.8 Å². The first-order valence-electron chi connectivity index (χ1n) is 0.783. The molecule has 1 radical (unpaired) electrons. The average molecular weight is 185 g/mol. The molecule has 3 N–H and O–H groups in total. The Kier molecular flexibility index (Phi) is 15.2. The SMILES string of the molecule is O=P(O)(O)O.[K].[Ti]. The molecule has 0 aromatic rings. The summed E-state index contributed by atoms with van der Waals surface area (Å²) in [6, 6.07) is 0. The Hall–Kier alpha value is 2.46. The van der Waals surface area contributed by atoms with E-state index in [-0.39, 0.29) is 73.1 Å². The third-order valence-electron chi connectivity index (χ3n) is 0. The molecule has 0 saturated heterocycles. The van der Waals surface area contributed by atoms with Gasteiger partial charge in [-0.2, -0.15) is 0 Å². The summed E-state index contributed by atoms with van der Waals surface area (Å²) in [5.74, 6) is 0. The first kappa shape index (κ1) is 16.2. The zero-order chi connectivity index (χ0) is 4.50. The molecule has 7 heavy (non-hydrogen) atoms. The van der Waals surface area contributed by atoms with E-state index in [0.29, 0.717) is 0 Å². The number of hydrogen-bond donors (Lipinski definition) is 3. The minimum Gasteiger partial charge on any atom is -0.303 e. The molecule has 0 fully saturated rings. The summed E-state index contributed by atoms with van der Waals surface area (Å²) in [4.78, 5) is 21.6. The molecule has 4 nitrogen and oxygen atoms in total. The molecule has 0 atom stereocenters. The van der Waals surface area contributed by atoms with Crippen molar-refractivity contribution in [3.8, 4) is 0 Å². The summed E-state index contributed by atoms with van der Waals surface area (Å²) >= 11 is 0. The molecule has 7 heteroatoms. The van der Waals surface area contributed by atoms with Crippen molar-refractivity contribution in [3.05, 3.63) is 0 Å². The molecule has 0 spiro atoms. The maximum absolute atomic E-state index is 8.88. The van der Waals surface area contributed by atoms with Crippen LogP contribution in [-0.4, -0.2) is 66.1 Å². The van der Waals surface area contributed by atoms with E-state index in [9.17, 15) is 0 Å². The van der Waals surface area contributed by atoms with Crippen LogP contribution in [0.3, 0.4) is 0 Å². The van der Waals surface area contributed by atoms with Crippen molar-refractivity contribution in [1.29, 1.82) is 0 Å². The Bertz CT molecular complexity index is 57.8. The van der Waals surface area contributed by atoms with Crippen LogP contribution >= 0.6 is 7.82 Å². The Morgan fingerprint density at radius 1 is 1.14 bits per heavy atom. The van der Waals surface area contributed by atoms with E-state index in [0.717, 1.165) is 0 Å². The first-order chi connectivity index (χ1) is 2.00.